The van der Waals surface area contributed by atoms with Crippen LogP contribution < -0.4 is 10.1 Å². The zero-order valence-electron chi connectivity index (χ0n) is 11.1. The summed E-state index contributed by atoms with van der Waals surface area (Å²) in [4.78, 5) is 10.1. The van der Waals surface area contributed by atoms with Crippen LogP contribution in [0.25, 0.3) is 0 Å². The molecule has 0 spiro atoms. The van der Waals surface area contributed by atoms with E-state index in [-0.39, 0.29) is 23.2 Å². The lowest BCUT2D eigenvalue weighted by atomic mass is 10.2. The van der Waals surface area contributed by atoms with E-state index in [2.05, 4.69) is 5.32 Å². The highest BCUT2D eigenvalue weighted by atomic mass is 32.2. The first-order chi connectivity index (χ1) is 8.99. The normalized spacial score (nSPS) is 12.0. The Kier molecular flexibility index (Phi) is 5.88. The van der Waals surface area contributed by atoms with Gasteiger partial charge in [0.15, 0.2) is 11.6 Å². The number of rotatable bonds is 7. The van der Waals surface area contributed by atoms with E-state index in [0.717, 1.165) is 17.6 Å². The lowest BCUT2D eigenvalue weighted by Gasteiger charge is -2.16. The summed E-state index contributed by atoms with van der Waals surface area (Å²) in [6, 6.07) is 2.26. The average Bonchev–Trinajstić information content (AvgIpc) is 2.38. The van der Waals surface area contributed by atoms with Crippen LogP contribution in [0.15, 0.2) is 12.1 Å². The van der Waals surface area contributed by atoms with Gasteiger partial charge in [-0.2, -0.15) is 11.8 Å². The number of methoxy groups -OCH3 is 1. The molecule has 0 fully saturated rings. The number of nitro benzene ring substituents is 1. The van der Waals surface area contributed by atoms with Gasteiger partial charge in [-0.05, 0) is 12.7 Å². The van der Waals surface area contributed by atoms with Crippen LogP contribution >= 0.6 is 11.8 Å². The van der Waals surface area contributed by atoms with E-state index in [9.17, 15) is 14.5 Å². The minimum absolute atomic E-state index is 0.0456. The molecule has 7 heteroatoms. The third kappa shape index (κ3) is 4.27. The predicted octanol–water partition coefficient (Wildman–Crippen LogP) is 3.30. The Balaban J connectivity index is 2.93. The van der Waals surface area contributed by atoms with Gasteiger partial charge in [0, 0.05) is 17.9 Å². The molecule has 1 atom stereocenters. The highest BCUT2D eigenvalue weighted by molar-refractivity contribution is 7.99. The second-order valence-electron chi connectivity index (χ2n) is 3.97. The van der Waals surface area contributed by atoms with Gasteiger partial charge in [-0.3, -0.25) is 10.1 Å². The summed E-state index contributed by atoms with van der Waals surface area (Å²) in [5.41, 5.74) is -0.159. The van der Waals surface area contributed by atoms with Crippen molar-refractivity contribution in [2.45, 2.75) is 19.9 Å². The van der Waals surface area contributed by atoms with E-state index >= 15 is 0 Å². The molecule has 0 heterocycles. The van der Waals surface area contributed by atoms with Crippen LogP contribution in [0.2, 0.25) is 0 Å². The molecule has 1 unspecified atom stereocenters. The number of anilines is 1. The van der Waals surface area contributed by atoms with Crippen molar-refractivity contribution in [3.8, 4) is 5.75 Å². The van der Waals surface area contributed by atoms with Gasteiger partial charge in [-0.25, -0.2) is 4.39 Å². The highest BCUT2D eigenvalue weighted by Gasteiger charge is 2.19. The minimum Gasteiger partial charge on any atom is -0.490 e. The zero-order valence-corrected chi connectivity index (χ0v) is 11.9. The van der Waals surface area contributed by atoms with Crippen molar-refractivity contribution in [2.75, 3.05) is 23.9 Å². The predicted molar refractivity (Wildman–Crippen MR) is 75.7 cm³/mol. The van der Waals surface area contributed by atoms with Gasteiger partial charge in [-0.1, -0.05) is 6.92 Å². The van der Waals surface area contributed by atoms with Crippen LogP contribution in [0.3, 0.4) is 0 Å². The summed E-state index contributed by atoms with van der Waals surface area (Å²) >= 11 is 1.73. The molecule has 19 heavy (non-hydrogen) atoms. The molecular weight excluding hydrogens is 271 g/mol. The second-order valence-corrected chi connectivity index (χ2v) is 5.28. The maximum Gasteiger partial charge on any atom is 0.313 e. The molecule has 1 aromatic carbocycles. The van der Waals surface area contributed by atoms with Gasteiger partial charge in [0.25, 0.3) is 0 Å². The third-order valence-corrected chi connectivity index (χ3v) is 3.58. The largest absolute Gasteiger partial charge is 0.490 e. The van der Waals surface area contributed by atoms with Gasteiger partial charge >= 0.3 is 5.69 Å². The van der Waals surface area contributed by atoms with Crippen molar-refractivity contribution in [1.82, 2.24) is 0 Å². The van der Waals surface area contributed by atoms with Gasteiger partial charge in [0.1, 0.15) is 0 Å². The van der Waals surface area contributed by atoms with E-state index in [1.165, 1.54) is 13.2 Å². The fourth-order valence-electron chi connectivity index (χ4n) is 1.56. The van der Waals surface area contributed by atoms with Gasteiger partial charge < -0.3 is 10.1 Å². The van der Waals surface area contributed by atoms with Gasteiger partial charge in [-0.15, -0.1) is 0 Å². The van der Waals surface area contributed by atoms with Crippen molar-refractivity contribution in [3.05, 3.63) is 28.1 Å². The van der Waals surface area contributed by atoms with Crippen molar-refractivity contribution in [1.29, 1.82) is 0 Å². The molecule has 5 nitrogen and oxygen atoms in total. The van der Waals surface area contributed by atoms with Crippen molar-refractivity contribution >= 4 is 23.1 Å². The van der Waals surface area contributed by atoms with Crippen molar-refractivity contribution in [2.24, 2.45) is 0 Å². The molecule has 0 aliphatic heterocycles. The first kappa shape index (κ1) is 15.6. The molecule has 0 saturated carbocycles. The number of nitro groups is 1. The van der Waals surface area contributed by atoms with E-state index in [0.29, 0.717) is 0 Å². The molecule has 1 rings (SSSR count). The lowest BCUT2D eigenvalue weighted by Crippen LogP contribution is -2.19. The van der Waals surface area contributed by atoms with Crippen molar-refractivity contribution < 1.29 is 14.1 Å². The Morgan fingerprint density at radius 1 is 1.58 bits per heavy atom. The molecule has 0 amide bonds. The topological polar surface area (TPSA) is 64.4 Å². The Morgan fingerprint density at radius 3 is 2.79 bits per heavy atom. The van der Waals surface area contributed by atoms with Crippen LogP contribution in [0, 0.1) is 15.9 Å². The number of nitrogens with zero attached hydrogens (tertiary/aromatic N) is 1. The first-order valence-electron chi connectivity index (χ1n) is 5.85. The van der Waals surface area contributed by atoms with E-state index in [1.54, 1.807) is 11.8 Å². The number of benzene rings is 1. The lowest BCUT2D eigenvalue weighted by molar-refractivity contribution is -0.385. The minimum atomic E-state index is -0.665. The first-order valence-corrected chi connectivity index (χ1v) is 7.01. The SMILES string of the molecule is CCSCC(C)Nc1cc(OC)c([N+](=O)[O-])cc1F. The van der Waals surface area contributed by atoms with E-state index in [4.69, 9.17) is 4.74 Å². The van der Waals surface area contributed by atoms with Crippen LogP contribution in [0.4, 0.5) is 15.8 Å². The van der Waals surface area contributed by atoms with Gasteiger partial charge in [0.05, 0.1) is 23.8 Å². The quantitative estimate of drug-likeness (QED) is 0.616. The van der Waals surface area contributed by atoms with Crippen LogP contribution in [-0.4, -0.2) is 29.6 Å². The van der Waals surface area contributed by atoms with E-state index < -0.39 is 10.7 Å². The summed E-state index contributed by atoms with van der Waals surface area (Å²) in [5.74, 6) is 1.21. The summed E-state index contributed by atoms with van der Waals surface area (Å²) in [7, 11) is 1.32. The number of hydrogen-bond acceptors (Lipinski definition) is 5. The van der Waals surface area contributed by atoms with Crippen LogP contribution in [0.5, 0.6) is 5.75 Å². The fraction of sp³-hybridized carbons (Fsp3) is 0.500. The standard InChI is InChI=1S/C12H17FN2O3S/c1-4-19-7-8(2)14-10-6-12(18-3)11(15(16)17)5-9(10)13/h5-6,8,14H,4,7H2,1-3H3. The molecule has 0 aliphatic rings. The molecule has 1 N–H and O–H groups in total. The average molecular weight is 288 g/mol. The summed E-state index contributed by atoms with van der Waals surface area (Å²) in [6.07, 6.45) is 0. The van der Waals surface area contributed by atoms with Crippen LogP contribution in [0.1, 0.15) is 13.8 Å². The molecule has 0 radical (unpaired) electrons. The summed E-state index contributed by atoms with van der Waals surface area (Å²) in [5, 5.41) is 13.7. The number of halogens is 1. The Hall–Kier alpha value is -1.50. The maximum atomic E-state index is 13.8. The number of ether oxygens (including phenoxy) is 1. The monoisotopic (exact) mass is 288 g/mol. The molecule has 0 saturated heterocycles. The number of nitrogens with one attached hydrogen (secondary N) is 1. The third-order valence-electron chi connectivity index (χ3n) is 2.44. The number of hydrogen-bond donors (Lipinski definition) is 1. The molecule has 1 aromatic rings. The summed E-state index contributed by atoms with van der Waals surface area (Å²) in [6.45, 7) is 3.98. The van der Waals surface area contributed by atoms with Gasteiger partial charge in [0.2, 0.25) is 0 Å². The Labute approximate surface area is 115 Å². The van der Waals surface area contributed by atoms with Crippen molar-refractivity contribution in [3.63, 3.8) is 0 Å². The highest BCUT2D eigenvalue weighted by Crippen LogP contribution is 2.32. The Morgan fingerprint density at radius 2 is 2.26 bits per heavy atom. The Bertz CT molecular complexity index is 457. The van der Waals surface area contributed by atoms with E-state index in [1.807, 2.05) is 13.8 Å². The molecule has 106 valence electrons. The van der Waals surface area contributed by atoms with Crippen LogP contribution in [-0.2, 0) is 0 Å². The summed E-state index contributed by atoms with van der Waals surface area (Å²) < 4.78 is 18.7. The smallest absolute Gasteiger partial charge is 0.313 e. The fourth-order valence-corrected chi connectivity index (χ4v) is 2.23. The number of thioether (sulfide) groups is 1. The zero-order chi connectivity index (χ0) is 14.4. The molecule has 0 bridgehead atoms. The maximum absolute atomic E-state index is 13.8. The second kappa shape index (κ2) is 7.18. The molecule has 0 aromatic heterocycles. The molecule has 0 aliphatic carbocycles. The molecular formula is C12H17FN2O3S.